The zero-order valence-corrected chi connectivity index (χ0v) is 12.1. The lowest BCUT2D eigenvalue weighted by Gasteiger charge is -2.26. The minimum atomic E-state index is -0.182. The van der Waals surface area contributed by atoms with E-state index in [4.69, 9.17) is 10.5 Å². The van der Waals surface area contributed by atoms with Crippen LogP contribution < -0.4 is 10.5 Å². The SMILES string of the molecule is N#CC1=C(N)Oc2ccccc2[C@H]1c1ccc(Br)cc1. The van der Waals surface area contributed by atoms with Gasteiger partial charge < -0.3 is 10.5 Å². The third kappa shape index (κ3) is 2.06. The van der Waals surface area contributed by atoms with Crippen molar-refractivity contribution in [1.82, 2.24) is 0 Å². The molecule has 1 heterocycles. The molecule has 4 heteroatoms. The Labute approximate surface area is 125 Å². The van der Waals surface area contributed by atoms with Crippen molar-refractivity contribution in [1.29, 1.82) is 5.26 Å². The first kappa shape index (κ1) is 12.8. The maximum absolute atomic E-state index is 9.40. The van der Waals surface area contributed by atoms with Crippen LogP contribution in [0.15, 0.2) is 64.5 Å². The van der Waals surface area contributed by atoms with Crippen molar-refractivity contribution in [2.24, 2.45) is 5.73 Å². The molecule has 2 N–H and O–H groups in total. The first-order valence-corrected chi connectivity index (χ1v) is 6.92. The molecule has 0 amide bonds. The molecular formula is C16H11BrN2O. The zero-order valence-electron chi connectivity index (χ0n) is 10.5. The largest absolute Gasteiger partial charge is 0.440 e. The van der Waals surface area contributed by atoms with Crippen molar-refractivity contribution in [3.63, 3.8) is 0 Å². The fraction of sp³-hybridized carbons (Fsp3) is 0.0625. The summed E-state index contributed by atoms with van der Waals surface area (Å²) in [4.78, 5) is 0. The van der Waals surface area contributed by atoms with E-state index in [1.54, 1.807) is 0 Å². The van der Waals surface area contributed by atoms with Crippen molar-refractivity contribution in [3.05, 3.63) is 75.6 Å². The highest BCUT2D eigenvalue weighted by Gasteiger charge is 2.29. The number of benzene rings is 2. The quantitative estimate of drug-likeness (QED) is 0.869. The van der Waals surface area contributed by atoms with Crippen LogP contribution in [0.4, 0.5) is 0 Å². The molecule has 0 bridgehead atoms. The number of nitrogens with two attached hydrogens (primary N) is 1. The molecule has 0 fully saturated rings. The van der Waals surface area contributed by atoms with Crippen LogP contribution >= 0.6 is 15.9 Å². The van der Waals surface area contributed by atoms with E-state index < -0.39 is 0 Å². The van der Waals surface area contributed by atoms with Crippen LogP contribution in [0.2, 0.25) is 0 Å². The number of hydrogen-bond donors (Lipinski definition) is 1. The Kier molecular flexibility index (Phi) is 3.21. The molecule has 0 spiro atoms. The number of nitriles is 1. The van der Waals surface area contributed by atoms with E-state index in [0.29, 0.717) is 11.3 Å². The third-order valence-corrected chi connectivity index (χ3v) is 3.86. The van der Waals surface area contributed by atoms with E-state index in [1.165, 1.54) is 0 Å². The van der Waals surface area contributed by atoms with Gasteiger partial charge in [0.05, 0.1) is 5.92 Å². The van der Waals surface area contributed by atoms with E-state index in [2.05, 4.69) is 22.0 Å². The monoisotopic (exact) mass is 326 g/mol. The molecule has 3 nitrogen and oxygen atoms in total. The van der Waals surface area contributed by atoms with Crippen LogP contribution in [0.1, 0.15) is 17.0 Å². The summed E-state index contributed by atoms with van der Waals surface area (Å²) in [6.45, 7) is 0. The molecule has 2 aromatic carbocycles. The number of para-hydroxylation sites is 1. The van der Waals surface area contributed by atoms with Gasteiger partial charge in [0.15, 0.2) is 0 Å². The fourth-order valence-electron chi connectivity index (χ4n) is 2.40. The highest BCUT2D eigenvalue weighted by molar-refractivity contribution is 9.10. The van der Waals surface area contributed by atoms with E-state index in [-0.39, 0.29) is 11.8 Å². The van der Waals surface area contributed by atoms with Crippen LogP contribution in [-0.2, 0) is 0 Å². The molecule has 3 rings (SSSR count). The summed E-state index contributed by atoms with van der Waals surface area (Å²) in [6.07, 6.45) is 0. The molecule has 1 atom stereocenters. The molecular weight excluding hydrogens is 316 g/mol. The standard InChI is InChI=1S/C16H11BrN2O/c17-11-7-5-10(6-8-11)15-12-3-1-2-4-14(12)20-16(19)13(15)9-18/h1-8,15H,19H2/t15-/m1/s1. The number of allylic oxidation sites excluding steroid dienone is 1. The van der Waals surface area contributed by atoms with Gasteiger partial charge in [0.1, 0.15) is 17.4 Å². The van der Waals surface area contributed by atoms with Gasteiger partial charge in [-0.2, -0.15) is 5.26 Å². The Morgan fingerprint density at radius 3 is 2.50 bits per heavy atom. The van der Waals surface area contributed by atoms with Crippen molar-refractivity contribution >= 4 is 15.9 Å². The Morgan fingerprint density at radius 2 is 1.80 bits per heavy atom. The molecule has 0 aliphatic carbocycles. The van der Waals surface area contributed by atoms with Gasteiger partial charge in [-0.25, -0.2) is 0 Å². The highest BCUT2D eigenvalue weighted by Crippen LogP contribution is 2.41. The predicted molar refractivity (Wildman–Crippen MR) is 79.9 cm³/mol. The minimum Gasteiger partial charge on any atom is -0.440 e. The second-order valence-electron chi connectivity index (χ2n) is 4.51. The highest BCUT2D eigenvalue weighted by atomic mass is 79.9. The molecule has 2 aromatic rings. The number of fused-ring (bicyclic) bond motifs is 1. The van der Waals surface area contributed by atoms with Gasteiger partial charge in [-0.1, -0.05) is 46.3 Å². The number of ether oxygens (including phenoxy) is 1. The molecule has 0 unspecified atom stereocenters. The molecule has 1 aliphatic heterocycles. The van der Waals surface area contributed by atoms with Gasteiger partial charge in [-0.05, 0) is 23.8 Å². The van der Waals surface area contributed by atoms with Crippen molar-refractivity contribution in [2.75, 3.05) is 0 Å². The molecule has 1 aliphatic rings. The van der Waals surface area contributed by atoms with Crippen LogP contribution in [0.25, 0.3) is 0 Å². The van der Waals surface area contributed by atoms with Gasteiger partial charge in [-0.3, -0.25) is 0 Å². The fourth-order valence-corrected chi connectivity index (χ4v) is 2.67. The van der Waals surface area contributed by atoms with E-state index >= 15 is 0 Å². The third-order valence-electron chi connectivity index (χ3n) is 3.33. The second-order valence-corrected chi connectivity index (χ2v) is 5.43. The van der Waals surface area contributed by atoms with Gasteiger partial charge in [0, 0.05) is 10.0 Å². The smallest absolute Gasteiger partial charge is 0.205 e. The number of halogens is 1. The second kappa shape index (κ2) is 5.03. The van der Waals surface area contributed by atoms with Crippen molar-refractivity contribution < 1.29 is 4.74 Å². The molecule has 0 saturated heterocycles. The summed E-state index contributed by atoms with van der Waals surface area (Å²) >= 11 is 3.42. The van der Waals surface area contributed by atoms with Gasteiger partial charge in [0.25, 0.3) is 0 Å². The zero-order chi connectivity index (χ0) is 14.1. The summed E-state index contributed by atoms with van der Waals surface area (Å²) in [5.74, 6) is 0.703. The number of nitrogens with zero attached hydrogens (tertiary/aromatic N) is 1. The average molecular weight is 327 g/mol. The number of hydrogen-bond acceptors (Lipinski definition) is 3. The van der Waals surface area contributed by atoms with Gasteiger partial charge >= 0.3 is 0 Å². The maximum atomic E-state index is 9.40. The van der Waals surface area contributed by atoms with Crippen LogP contribution in [-0.4, -0.2) is 0 Å². The normalized spacial score (nSPS) is 17.1. The summed E-state index contributed by atoms with van der Waals surface area (Å²) in [5.41, 5.74) is 8.31. The van der Waals surface area contributed by atoms with E-state index in [9.17, 15) is 5.26 Å². The van der Waals surface area contributed by atoms with E-state index in [0.717, 1.165) is 15.6 Å². The summed E-state index contributed by atoms with van der Waals surface area (Å²) in [6, 6.07) is 17.7. The van der Waals surface area contributed by atoms with Crippen molar-refractivity contribution in [2.45, 2.75) is 5.92 Å². The first-order valence-electron chi connectivity index (χ1n) is 6.12. The van der Waals surface area contributed by atoms with Crippen LogP contribution in [0, 0.1) is 11.3 Å². The molecule has 98 valence electrons. The van der Waals surface area contributed by atoms with Crippen LogP contribution in [0.3, 0.4) is 0 Å². The lowest BCUT2D eigenvalue weighted by molar-refractivity contribution is 0.393. The van der Waals surface area contributed by atoms with E-state index in [1.807, 2.05) is 48.5 Å². The Morgan fingerprint density at radius 1 is 1.10 bits per heavy atom. The maximum Gasteiger partial charge on any atom is 0.205 e. The Bertz CT molecular complexity index is 729. The van der Waals surface area contributed by atoms with Crippen LogP contribution in [0.5, 0.6) is 5.75 Å². The number of rotatable bonds is 1. The topological polar surface area (TPSA) is 59.0 Å². The molecule has 0 aromatic heterocycles. The summed E-state index contributed by atoms with van der Waals surface area (Å²) < 4.78 is 6.53. The summed E-state index contributed by atoms with van der Waals surface area (Å²) in [5, 5.41) is 9.40. The first-order chi connectivity index (χ1) is 9.70. The van der Waals surface area contributed by atoms with Crippen molar-refractivity contribution in [3.8, 4) is 11.8 Å². The molecule has 0 saturated carbocycles. The molecule has 20 heavy (non-hydrogen) atoms. The Hall–Kier alpha value is -2.25. The molecule has 0 radical (unpaired) electrons. The average Bonchev–Trinajstić information content (AvgIpc) is 2.47. The lowest BCUT2D eigenvalue weighted by Crippen LogP contribution is -2.20. The Balaban J connectivity index is 2.20. The minimum absolute atomic E-state index is 0.180. The van der Waals surface area contributed by atoms with Gasteiger partial charge in [0.2, 0.25) is 5.88 Å². The summed E-state index contributed by atoms with van der Waals surface area (Å²) in [7, 11) is 0. The lowest BCUT2D eigenvalue weighted by atomic mass is 9.84. The van der Waals surface area contributed by atoms with Gasteiger partial charge in [-0.15, -0.1) is 0 Å². The predicted octanol–water partition coefficient (Wildman–Crippen LogP) is 3.67.